The van der Waals surface area contributed by atoms with Gasteiger partial charge in [0, 0.05) is 43.9 Å². The lowest BCUT2D eigenvalue weighted by Crippen LogP contribution is -2.62. The van der Waals surface area contributed by atoms with Crippen molar-refractivity contribution in [1.29, 1.82) is 0 Å². The number of carbonyl (C=O) groups is 2. The fourth-order valence-electron chi connectivity index (χ4n) is 5.69. The van der Waals surface area contributed by atoms with Gasteiger partial charge < -0.3 is 14.2 Å². The largest absolute Gasteiger partial charge is 0.425 e. The molecule has 0 bridgehead atoms. The summed E-state index contributed by atoms with van der Waals surface area (Å²) in [7, 11) is 0. The Bertz CT molecular complexity index is 1350. The van der Waals surface area contributed by atoms with Crippen molar-refractivity contribution in [3.05, 3.63) is 62.2 Å². The summed E-state index contributed by atoms with van der Waals surface area (Å²) >= 11 is 13.5. The minimum absolute atomic E-state index is 0.0446. The molecule has 3 aliphatic rings. The van der Waals surface area contributed by atoms with E-state index in [2.05, 4.69) is 29.0 Å². The van der Waals surface area contributed by atoms with Gasteiger partial charge in [0.2, 0.25) is 17.7 Å². The topological polar surface area (TPSA) is 92.4 Å². The third-order valence-corrected chi connectivity index (χ3v) is 9.61. The van der Waals surface area contributed by atoms with Gasteiger partial charge in [-0.15, -0.1) is 21.5 Å². The molecule has 8 nitrogen and oxygen atoms in total. The number of aromatic nitrogens is 3. The standard InChI is InChI=1S/C26H27Cl2N5O3S/c1-25(2)8-16(25)23(34)33-12-26(13-33)11-32(24(35)20-9-29-14-37-20)10-17(26)22-31-30-21(36-22)6-4-15-3-5-18(27)19(28)7-15/h3,5,7,9,14,16-17H,4,6,8,10-13H2,1-2H3/t16-,17?/m1/s1. The molecule has 0 N–H and O–H groups in total. The molecule has 1 aromatic carbocycles. The molecule has 2 aliphatic heterocycles. The predicted octanol–water partition coefficient (Wildman–Crippen LogP) is 4.73. The molecule has 2 aromatic heterocycles. The number of likely N-dealkylation sites (tertiary alicyclic amines) is 2. The lowest BCUT2D eigenvalue weighted by atomic mass is 9.71. The van der Waals surface area contributed by atoms with Crippen molar-refractivity contribution in [1.82, 2.24) is 25.0 Å². The van der Waals surface area contributed by atoms with Crippen LogP contribution in [0, 0.1) is 16.7 Å². The van der Waals surface area contributed by atoms with Crippen LogP contribution in [-0.4, -0.2) is 63.0 Å². The molecule has 194 valence electrons. The second kappa shape index (κ2) is 9.06. The molecule has 3 fully saturated rings. The first-order chi connectivity index (χ1) is 17.6. The second-order valence-electron chi connectivity index (χ2n) is 11.2. The van der Waals surface area contributed by atoms with Gasteiger partial charge in [-0.1, -0.05) is 43.1 Å². The van der Waals surface area contributed by atoms with E-state index < -0.39 is 0 Å². The zero-order valence-corrected chi connectivity index (χ0v) is 22.9. The molecule has 37 heavy (non-hydrogen) atoms. The monoisotopic (exact) mass is 559 g/mol. The molecule has 1 aliphatic carbocycles. The summed E-state index contributed by atoms with van der Waals surface area (Å²) in [6.07, 6.45) is 3.78. The summed E-state index contributed by atoms with van der Waals surface area (Å²) < 4.78 is 6.15. The average Bonchev–Trinajstić information content (AvgIpc) is 3.36. The van der Waals surface area contributed by atoms with Crippen LogP contribution in [0.1, 0.15) is 53.2 Å². The maximum atomic E-state index is 13.2. The fraction of sp³-hybridized carbons (Fsp3) is 0.500. The first-order valence-corrected chi connectivity index (χ1v) is 14.0. The molecule has 3 aromatic rings. The van der Waals surface area contributed by atoms with Gasteiger partial charge in [-0.3, -0.25) is 14.6 Å². The van der Waals surface area contributed by atoms with E-state index in [-0.39, 0.29) is 34.5 Å². The number of hydrogen-bond donors (Lipinski definition) is 0. The van der Waals surface area contributed by atoms with Crippen molar-refractivity contribution in [2.24, 2.45) is 16.7 Å². The van der Waals surface area contributed by atoms with Crippen molar-refractivity contribution < 1.29 is 14.0 Å². The molecule has 4 heterocycles. The number of amides is 2. The highest BCUT2D eigenvalue weighted by atomic mass is 35.5. The highest BCUT2D eigenvalue weighted by Gasteiger charge is 2.61. The molecule has 1 unspecified atom stereocenters. The van der Waals surface area contributed by atoms with Crippen LogP contribution in [0.15, 0.2) is 34.3 Å². The summed E-state index contributed by atoms with van der Waals surface area (Å²) in [5.41, 5.74) is 2.49. The molecular formula is C26H27Cl2N5O3S. The van der Waals surface area contributed by atoms with Gasteiger partial charge in [-0.05, 0) is 36.0 Å². The Morgan fingerprint density at radius 1 is 1.11 bits per heavy atom. The van der Waals surface area contributed by atoms with Gasteiger partial charge in [-0.25, -0.2) is 0 Å². The average molecular weight is 561 g/mol. The molecule has 6 rings (SSSR count). The number of carbonyl (C=O) groups excluding carboxylic acids is 2. The highest BCUT2D eigenvalue weighted by molar-refractivity contribution is 7.11. The van der Waals surface area contributed by atoms with E-state index in [4.69, 9.17) is 27.6 Å². The van der Waals surface area contributed by atoms with Crippen LogP contribution in [0.5, 0.6) is 0 Å². The van der Waals surface area contributed by atoms with Crippen molar-refractivity contribution in [2.45, 2.75) is 39.0 Å². The molecule has 1 spiro atoms. The Morgan fingerprint density at radius 2 is 1.86 bits per heavy atom. The first-order valence-electron chi connectivity index (χ1n) is 12.4. The molecular weight excluding hydrogens is 533 g/mol. The molecule has 1 saturated carbocycles. The summed E-state index contributed by atoms with van der Waals surface area (Å²) in [5, 5.41) is 9.74. The van der Waals surface area contributed by atoms with E-state index in [1.165, 1.54) is 11.3 Å². The lowest BCUT2D eigenvalue weighted by Gasteiger charge is -2.50. The quantitative estimate of drug-likeness (QED) is 0.433. The first kappa shape index (κ1) is 24.8. The van der Waals surface area contributed by atoms with Gasteiger partial charge in [0.05, 0.1) is 27.7 Å². The summed E-state index contributed by atoms with van der Waals surface area (Å²) in [6.45, 7) is 6.48. The minimum Gasteiger partial charge on any atom is -0.425 e. The maximum Gasteiger partial charge on any atom is 0.265 e. The Balaban J connectivity index is 1.19. The van der Waals surface area contributed by atoms with Crippen LogP contribution in [0.3, 0.4) is 0 Å². The van der Waals surface area contributed by atoms with Crippen LogP contribution in [-0.2, 0) is 17.6 Å². The molecule has 0 radical (unpaired) electrons. The van der Waals surface area contributed by atoms with Crippen LogP contribution in [0.25, 0.3) is 0 Å². The Kier molecular flexibility index (Phi) is 6.08. The normalized spacial score (nSPS) is 23.4. The third-order valence-electron chi connectivity index (χ3n) is 8.11. The second-order valence-corrected chi connectivity index (χ2v) is 12.9. The zero-order chi connectivity index (χ0) is 25.9. The number of thiazole rings is 1. The fourth-order valence-corrected chi connectivity index (χ4v) is 6.60. The smallest absolute Gasteiger partial charge is 0.265 e. The summed E-state index contributed by atoms with van der Waals surface area (Å²) in [5.74, 6) is 1.20. The van der Waals surface area contributed by atoms with Crippen LogP contribution in [0.2, 0.25) is 10.0 Å². The predicted molar refractivity (Wildman–Crippen MR) is 140 cm³/mol. The number of halogens is 2. The van der Waals surface area contributed by atoms with E-state index in [9.17, 15) is 9.59 Å². The number of hydrogen-bond acceptors (Lipinski definition) is 7. The van der Waals surface area contributed by atoms with Gasteiger partial charge >= 0.3 is 0 Å². The molecule has 2 atom stereocenters. The van der Waals surface area contributed by atoms with Gasteiger partial charge in [-0.2, -0.15) is 0 Å². The minimum atomic E-state index is -0.289. The zero-order valence-electron chi connectivity index (χ0n) is 20.6. The van der Waals surface area contributed by atoms with Crippen molar-refractivity contribution in [2.75, 3.05) is 26.2 Å². The van der Waals surface area contributed by atoms with Gasteiger partial charge in [0.25, 0.3) is 5.91 Å². The van der Waals surface area contributed by atoms with E-state index in [1.807, 2.05) is 21.9 Å². The summed E-state index contributed by atoms with van der Waals surface area (Å²) in [6, 6.07) is 5.56. The SMILES string of the molecule is CC1(C)C[C@@H]1C(=O)N1CC2(CN(C(=O)c3cncs3)CC2c2nnc(CCc3ccc(Cl)c(Cl)c3)o2)C1. The van der Waals surface area contributed by atoms with Crippen molar-refractivity contribution in [3.63, 3.8) is 0 Å². The highest BCUT2D eigenvalue weighted by Crippen LogP contribution is 2.55. The molecule has 2 amide bonds. The van der Waals surface area contributed by atoms with E-state index in [1.54, 1.807) is 17.8 Å². The lowest BCUT2D eigenvalue weighted by molar-refractivity contribution is -0.146. The Morgan fingerprint density at radius 3 is 2.54 bits per heavy atom. The van der Waals surface area contributed by atoms with Crippen LogP contribution >= 0.6 is 34.5 Å². The Hall–Kier alpha value is -2.49. The van der Waals surface area contributed by atoms with E-state index >= 15 is 0 Å². The van der Waals surface area contributed by atoms with E-state index in [0.717, 1.165) is 12.0 Å². The Labute approximate surface area is 229 Å². The van der Waals surface area contributed by atoms with Crippen molar-refractivity contribution >= 4 is 46.4 Å². The number of benzene rings is 1. The number of rotatable bonds is 6. The summed E-state index contributed by atoms with van der Waals surface area (Å²) in [4.78, 5) is 34.7. The van der Waals surface area contributed by atoms with Crippen molar-refractivity contribution in [3.8, 4) is 0 Å². The van der Waals surface area contributed by atoms with E-state index in [0.29, 0.717) is 65.7 Å². The number of aryl methyl sites for hydroxylation is 2. The molecule has 2 saturated heterocycles. The van der Waals surface area contributed by atoms with Gasteiger partial charge in [0.15, 0.2) is 0 Å². The third kappa shape index (κ3) is 4.55. The van der Waals surface area contributed by atoms with Crippen LogP contribution < -0.4 is 0 Å². The molecule has 11 heteroatoms. The van der Waals surface area contributed by atoms with Gasteiger partial charge in [0.1, 0.15) is 4.88 Å². The maximum absolute atomic E-state index is 13.2. The number of nitrogens with zero attached hydrogens (tertiary/aromatic N) is 5. The van der Waals surface area contributed by atoms with Crippen LogP contribution in [0.4, 0.5) is 0 Å².